The largest absolute Gasteiger partial charge is 0.392 e. The molecule has 72 valence electrons. The fourth-order valence-electron chi connectivity index (χ4n) is 1.09. The van der Waals surface area contributed by atoms with Gasteiger partial charge in [0.2, 0.25) is 0 Å². The molecule has 0 atom stereocenters. The lowest BCUT2D eigenvalue weighted by Crippen LogP contribution is -2.01. The SMILES string of the molecule is COCc1ccc(F)c(F)c1CO. The first-order chi connectivity index (χ1) is 6.20. The predicted molar refractivity (Wildman–Crippen MR) is 43.0 cm³/mol. The van der Waals surface area contributed by atoms with Gasteiger partial charge in [0.25, 0.3) is 0 Å². The van der Waals surface area contributed by atoms with Gasteiger partial charge in [-0.25, -0.2) is 8.78 Å². The van der Waals surface area contributed by atoms with Crippen LogP contribution >= 0.6 is 0 Å². The summed E-state index contributed by atoms with van der Waals surface area (Å²) in [6.45, 7) is -0.366. The maximum absolute atomic E-state index is 13.0. The number of benzene rings is 1. The van der Waals surface area contributed by atoms with Gasteiger partial charge in [0.15, 0.2) is 11.6 Å². The van der Waals surface area contributed by atoms with Crippen molar-refractivity contribution < 1.29 is 18.6 Å². The van der Waals surface area contributed by atoms with Crippen LogP contribution < -0.4 is 0 Å². The van der Waals surface area contributed by atoms with Gasteiger partial charge >= 0.3 is 0 Å². The first-order valence-electron chi connectivity index (χ1n) is 3.76. The van der Waals surface area contributed by atoms with Gasteiger partial charge in [-0.1, -0.05) is 6.07 Å². The Hall–Kier alpha value is -1.00. The molecule has 0 aliphatic heterocycles. The van der Waals surface area contributed by atoms with Gasteiger partial charge in [-0.2, -0.15) is 0 Å². The molecular weight excluding hydrogens is 178 g/mol. The van der Waals surface area contributed by atoms with E-state index in [0.717, 1.165) is 6.07 Å². The van der Waals surface area contributed by atoms with Crippen LogP contribution in [-0.4, -0.2) is 12.2 Å². The average molecular weight is 188 g/mol. The number of ether oxygens (including phenoxy) is 1. The maximum atomic E-state index is 13.0. The molecule has 1 aromatic rings. The summed E-state index contributed by atoms with van der Waals surface area (Å²) in [5.41, 5.74) is 0.422. The molecule has 1 rings (SSSR count). The molecule has 2 nitrogen and oxygen atoms in total. The summed E-state index contributed by atoms with van der Waals surface area (Å²) in [5.74, 6) is -1.96. The van der Waals surface area contributed by atoms with Crippen LogP contribution in [0.2, 0.25) is 0 Å². The van der Waals surface area contributed by atoms with E-state index < -0.39 is 18.2 Å². The minimum atomic E-state index is -1.00. The third-order valence-corrected chi connectivity index (χ3v) is 1.75. The van der Waals surface area contributed by atoms with Crippen molar-refractivity contribution in [1.82, 2.24) is 0 Å². The van der Waals surface area contributed by atoms with Gasteiger partial charge in [-0.05, 0) is 11.6 Å². The van der Waals surface area contributed by atoms with E-state index in [4.69, 9.17) is 9.84 Å². The maximum Gasteiger partial charge on any atom is 0.164 e. The molecule has 13 heavy (non-hydrogen) atoms. The van der Waals surface area contributed by atoms with Gasteiger partial charge in [-0.15, -0.1) is 0 Å². The number of rotatable bonds is 3. The van der Waals surface area contributed by atoms with E-state index in [1.54, 1.807) is 0 Å². The zero-order chi connectivity index (χ0) is 9.84. The third-order valence-electron chi connectivity index (χ3n) is 1.75. The van der Waals surface area contributed by atoms with Crippen molar-refractivity contribution in [2.75, 3.05) is 7.11 Å². The highest BCUT2D eigenvalue weighted by Crippen LogP contribution is 2.17. The van der Waals surface area contributed by atoms with E-state index in [-0.39, 0.29) is 12.2 Å². The number of methoxy groups -OCH3 is 1. The second kappa shape index (κ2) is 4.30. The summed E-state index contributed by atoms with van der Waals surface area (Å²) >= 11 is 0. The van der Waals surface area contributed by atoms with E-state index >= 15 is 0 Å². The molecule has 0 fully saturated rings. The molecule has 0 unspecified atom stereocenters. The molecule has 4 heteroatoms. The van der Waals surface area contributed by atoms with Crippen molar-refractivity contribution in [3.8, 4) is 0 Å². The molecule has 1 aromatic carbocycles. The lowest BCUT2D eigenvalue weighted by Gasteiger charge is -2.07. The van der Waals surface area contributed by atoms with E-state index in [0.29, 0.717) is 5.56 Å². The van der Waals surface area contributed by atoms with Crippen molar-refractivity contribution >= 4 is 0 Å². The van der Waals surface area contributed by atoms with Crippen LogP contribution in [0.15, 0.2) is 12.1 Å². The summed E-state index contributed by atoms with van der Waals surface area (Å²) in [6, 6.07) is 2.41. The van der Waals surface area contributed by atoms with Crippen molar-refractivity contribution in [2.24, 2.45) is 0 Å². The highest BCUT2D eigenvalue weighted by Gasteiger charge is 2.11. The molecule has 0 aliphatic rings. The van der Waals surface area contributed by atoms with Gasteiger partial charge in [-0.3, -0.25) is 0 Å². The zero-order valence-electron chi connectivity index (χ0n) is 7.18. The van der Waals surface area contributed by atoms with Gasteiger partial charge in [0.1, 0.15) is 0 Å². The van der Waals surface area contributed by atoms with Gasteiger partial charge < -0.3 is 9.84 Å². The molecule has 0 spiro atoms. The molecular formula is C9H10F2O2. The van der Waals surface area contributed by atoms with Crippen LogP contribution in [-0.2, 0) is 18.0 Å². The third kappa shape index (κ3) is 2.02. The summed E-state index contributed by atoms with van der Waals surface area (Å²) in [6.07, 6.45) is 0. The number of halogens is 2. The lowest BCUT2D eigenvalue weighted by molar-refractivity contribution is 0.180. The molecule has 0 radical (unpaired) electrons. The van der Waals surface area contributed by atoms with Crippen LogP contribution in [0.1, 0.15) is 11.1 Å². The molecule has 0 bridgehead atoms. The van der Waals surface area contributed by atoms with Gasteiger partial charge in [0, 0.05) is 12.7 Å². The summed E-state index contributed by atoms with van der Waals surface area (Å²) in [5, 5.41) is 8.79. The minimum absolute atomic E-state index is 0.0400. The second-order valence-corrected chi connectivity index (χ2v) is 2.59. The number of hydrogen-bond donors (Lipinski definition) is 1. The Morgan fingerprint density at radius 2 is 2.08 bits per heavy atom. The Balaban J connectivity index is 3.13. The van der Waals surface area contributed by atoms with E-state index in [9.17, 15) is 8.78 Å². The Morgan fingerprint density at radius 3 is 2.62 bits per heavy atom. The van der Waals surface area contributed by atoms with Crippen LogP contribution in [0.5, 0.6) is 0 Å². The quantitative estimate of drug-likeness (QED) is 0.780. The van der Waals surface area contributed by atoms with Crippen LogP contribution in [0.25, 0.3) is 0 Å². The van der Waals surface area contributed by atoms with E-state index in [2.05, 4.69) is 0 Å². The highest BCUT2D eigenvalue weighted by molar-refractivity contribution is 5.28. The molecule has 0 aliphatic carbocycles. The number of aliphatic hydroxyl groups excluding tert-OH is 1. The number of aliphatic hydroxyl groups is 1. The first-order valence-corrected chi connectivity index (χ1v) is 3.76. The summed E-state index contributed by atoms with van der Waals surface area (Å²) in [4.78, 5) is 0. The Bertz CT molecular complexity index is 300. The van der Waals surface area contributed by atoms with Crippen molar-refractivity contribution in [3.63, 3.8) is 0 Å². The van der Waals surface area contributed by atoms with E-state index in [1.807, 2.05) is 0 Å². The first kappa shape index (κ1) is 10.1. The lowest BCUT2D eigenvalue weighted by atomic mass is 10.1. The van der Waals surface area contributed by atoms with Crippen LogP contribution in [0.3, 0.4) is 0 Å². The normalized spacial score (nSPS) is 10.5. The Morgan fingerprint density at radius 1 is 1.38 bits per heavy atom. The van der Waals surface area contributed by atoms with Crippen LogP contribution in [0, 0.1) is 11.6 Å². The highest BCUT2D eigenvalue weighted by atomic mass is 19.2. The van der Waals surface area contributed by atoms with Crippen LogP contribution in [0.4, 0.5) is 8.78 Å². The average Bonchev–Trinajstić information content (AvgIpc) is 2.12. The fraction of sp³-hybridized carbons (Fsp3) is 0.333. The predicted octanol–water partition coefficient (Wildman–Crippen LogP) is 1.60. The standard InChI is InChI=1S/C9H10F2O2/c1-13-5-6-2-3-8(10)9(11)7(6)4-12/h2-3,12H,4-5H2,1H3. The molecule has 0 saturated heterocycles. The zero-order valence-corrected chi connectivity index (χ0v) is 7.18. The molecule has 0 heterocycles. The summed E-state index contributed by atoms with van der Waals surface area (Å²) < 4.78 is 30.4. The minimum Gasteiger partial charge on any atom is -0.392 e. The fourth-order valence-corrected chi connectivity index (χ4v) is 1.09. The van der Waals surface area contributed by atoms with Crippen molar-refractivity contribution in [2.45, 2.75) is 13.2 Å². The monoisotopic (exact) mass is 188 g/mol. The smallest absolute Gasteiger partial charge is 0.164 e. The van der Waals surface area contributed by atoms with E-state index in [1.165, 1.54) is 13.2 Å². The summed E-state index contributed by atoms with van der Waals surface area (Å²) in [7, 11) is 1.45. The molecule has 1 N–H and O–H groups in total. The topological polar surface area (TPSA) is 29.5 Å². The Labute approximate surface area is 74.8 Å². The van der Waals surface area contributed by atoms with Crippen molar-refractivity contribution in [3.05, 3.63) is 34.9 Å². The van der Waals surface area contributed by atoms with Gasteiger partial charge in [0.05, 0.1) is 13.2 Å². The number of hydrogen-bond acceptors (Lipinski definition) is 2. The molecule has 0 saturated carbocycles. The second-order valence-electron chi connectivity index (χ2n) is 2.59. The Kier molecular flexibility index (Phi) is 3.33. The molecule has 0 aromatic heterocycles. The molecule has 0 amide bonds. The van der Waals surface area contributed by atoms with Crippen molar-refractivity contribution in [1.29, 1.82) is 0 Å².